The summed E-state index contributed by atoms with van der Waals surface area (Å²) >= 11 is 0. The lowest BCUT2D eigenvalue weighted by Gasteiger charge is -2.21. The fourth-order valence-electron chi connectivity index (χ4n) is 1.38. The molecule has 1 aromatic rings. The molecule has 2 heterocycles. The van der Waals surface area contributed by atoms with Crippen molar-refractivity contribution in [2.75, 3.05) is 19.8 Å². The van der Waals surface area contributed by atoms with E-state index in [1.807, 2.05) is 0 Å². The van der Waals surface area contributed by atoms with Crippen LogP contribution in [0.5, 0.6) is 0 Å². The normalized spacial score (nSPS) is 22.1. The van der Waals surface area contributed by atoms with Crippen molar-refractivity contribution in [3.63, 3.8) is 0 Å². The van der Waals surface area contributed by atoms with Crippen LogP contribution in [0, 0.1) is 0 Å². The van der Waals surface area contributed by atoms with Crippen LogP contribution in [0.2, 0.25) is 0 Å². The average molecular weight is 198 g/mol. The molecule has 0 spiro atoms. The molecule has 1 unspecified atom stereocenters. The Balaban J connectivity index is 2.21. The van der Waals surface area contributed by atoms with Crippen LogP contribution in [0.4, 0.5) is 0 Å². The van der Waals surface area contributed by atoms with Crippen molar-refractivity contribution in [2.24, 2.45) is 0 Å². The molecule has 1 aromatic heterocycles. The molecule has 0 saturated carbocycles. The summed E-state index contributed by atoms with van der Waals surface area (Å²) in [5, 5.41) is 21.6. The number of aromatic nitrogens is 3. The highest BCUT2D eigenvalue weighted by Crippen LogP contribution is 2.15. The van der Waals surface area contributed by atoms with Crippen molar-refractivity contribution in [3.05, 3.63) is 11.4 Å². The second-order valence-electron chi connectivity index (χ2n) is 2.94. The van der Waals surface area contributed by atoms with Gasteiger partial charge in [0, 0.05) is 6.54 Å². The van der Waals surface area contributed by atoms with E-state index in [4.69, 9.17) is 9.84 Å². The van der Waals surface area contributed by atoms with E-state index in [2.05, 4.69) is 20.7 Å². The monoisotopic (exact) mass is 198 g/mol. The Labute approximate surface area is 79.5 Å². The Morgan fingerprint density at radius 2 is 2.43 bits per heavy atom. The van der Waals surface area contributed by atoms with Crippen LogP contribution in [0.15, 0.2) is 0 Å². The maximum atomic E-state index is 10.7. The zero-order valence-electron chi connectivity index (χ0n) is 7.36. The zero-order valence-corrected chi connectivity index (χ0v) is 7.36. The van der Waals surface area contributed by atoms with Gasteiger partial charge in [-0.15, -0.1) is 5.10 Å². The number of nitrogens with zero attached hydrogens (tertiary/aromatic N) is 2. The first-order chi connectivity index (χ1) is 6.79. The summed E-state index contributed by atoms with van der Waals surface area (Å²) in [7, 11) is 0. The van der Waals surface area contributed by atoms with Gasteiger partial charge in [0.2, 0.25) is 0 Å². The molecular weight excluding hydrogens is 188 g/mol. The number of hydrogen-bond donors (Lipinski definition) is 3. The summed E-state index contributed by atoms with van der Waals surface area (Å²) in [6, 6.07) is -0.186. The van der Waals surface area contributed by atoms with Crippen LogP contribution < -0.4 is 5.32 Å². The number of ether oxygens (including phenoxy) is 1. The Hall–Kier alpha value is -1.47. The third-order valence-electron chi connectivity index (χ3n) is 2.03. The van der Waals surface area contributed by atoms with Gasteiger partial charge in [-0.1, -0.05) is 0 Å². The first-order valence-corrected chi connectivity index (χ1v) is 4.24. The van der Waals surface area contributed by atoms with E-state index >= 15 is 0 Å². The summed E-state index contributed by atoms with van der Waals surface area (Å²) in [6.07, 6.45) is 0. The molecule has 3 N–H and O–H groups in total. The molecule has 1 aliphatic heterocycles. The highest BCUT2D eigenvalue weighted by atomic mass is 16.5. The van der Waals surface area contributed by atoms with Gasteiger partial charge in [-0.3, -0.25) is 0 Å². The number of morpholine rings is 1. The third-order valence-corrected chi connectivity index (χ3v) is 2.03. The van der Waals surface area contributed by atoms with Crippen LogP contribution in [0.3, 0.4) is 0 Å². The minimum absolute atomic E-state index is 0.0481. The van der Waals surface area contributed by atoms with E-state index in [9.17, 15) is 4.79 Å². The van der Waals surface area contributed by atoms with Gasteiger partial charge < -0.3 is 15.2 Å². The van der Waals surface area contributed by atoms with Crippen LogP contribution in [0.1, 0.15) is 22.2 Å². The zero-order chi connectivity index (χ0) is 9.97. The van der Waals surface area contributed by atoms with Crippen molar-refractivity contribution in [3.8, 4) is 0 Å². The number of rotatable bonds is 2. The number of aromatic amines is 1. The number of carboxylic acid groups (broad SMARTS) is 1. The molecule has 0 aromatic carbocycles. The van der Waals surface area contributed by atoms with Crippen molar-refractivity contribution < 1.29 is 14.6 Å². The Morgan fingerprint density at radius 3 is 3.07 bits per heavy atom. The number of H-pyrrole nitrogens is 1. The molecule has 1 atom stereocenters. The van der Waals surface area contributed by atoms with Gasteiger partial charge >= 0.3 is 5.97 Å². The number of carboxylic acids is 1. The molecule has 0 radical (unpaired) electrons. The van der Waals surface area contributed by atoms with E-state index in [1.54, 1.807) is 0 Å². The summed E-state index contributed by atoms with van der Waals surface area (Å²) in [5.41, 5.74) is 0.352. The van der Waals surface area contributed by atoms with E-state index in [1.165, 1.54) is 0 Å². The molecule has 1 aliphatic rings. The molecule has 1 fully saturated rings. The Kier molecular flexibility index (Phi) is 2.42. The second kappa shape index (κ2) is 3.72. The summed E-state index contributed by atoms with van der Waals surface area (Å²) in [6.45, 7) is 1.75. The van der Waals surface area contributed by atoms with Gasteiger partial charge in [0.25, 0.3) is 0 Å². The van der Waals surface area contributed by atoms with Crippen molar-refractivity contribution in [1.82, 2.24) is 20.7 Å². The number of nitrogens with one attached hydrogen (secondary N) is 2. The van der Waals surface area contributed by atoms with Crippen LogP contribution in [-0.4, -0.2) is 46.2 Å². The maximum absolute atomic E-state index is 10.7. The molecular formula is C7H10N4O3. The molecule has 76 valence electrons. The van der Waals surface area contributed by atoms with Crippen molar-refractivity contribution in [2.45, 2.75) is 6.04 Å². The molecule has 0 amide bonds. The smallest absolute Gasteiger partial charge is 0.358 e. The minimum atomic E-state index is -1.08. The van der Waals surface area contributed by atoms with Gasteiger partial charge in [-0.25, -0.2) is 4.79 Å². The lowest BCUT2D eigenvalue weighted by Crippen LogP contribution is -2.35. The Morgan fingerprint density at radius 1 is 1.57 bits per heavy atom. The SMILES string of the molecule is O=C(O)c1n[nH]nc1C1COCCN1. The minimum Gasteiger partial charge on any atom is -0.476 e. The molecule has 0 aliphatic carbocycles. The first kappa shape index (κ1) is 9.10. The predicted molar refractivity (Wildman–Crippen MR) is 44.9 cm³/mol. The number of carbonyl (C=O) groups is 1. The van der Waals surface area contributed by atoms with Crippen molar-refractivity contribution in [1.29, 1.82) is 0 Å². The van der Waals surface area contributed by atoms with Gasteiger partial charge in [0.1, 0.15) is 5.69 Å². The number of aromatic carboxylic acids is 1. The standard InChI is InChI=1S/C7H10N4O3/c12-7(13)6-5(9-11-10-6)4-3-14-2-1-8-4/h4,8H,1-3H2,(H,12,13)(H,9,10,11). The highest BCUT2D eigenvalue weighted by molar-refractivity contribution is 5.86. The topological polar surface area (TPSA) is 100 Å². The molecule has 7 nitrogen and oxygen atoms in total. The number of hydrogen-bond acceptors (Lipinski definition) is 5. The van der Waals surface area contributed by atoms with Gasteiger partial charge in [-0.2, -0.15) is 10.3 Å². The van der Waals surface area contributed by atoms with Crippen molar-refractivity contribution >= 4 is 5.97 Å². The summed E-state index contributed by atoms with van der Waals surface area (Å²) < 4.78 is 5.20. The van der Waals surface area contributed by atoms with Crippen LogP contribution in [-0.2, 0) is 4.74 Å². The molecule has 2 rings (SSSR count). The molecule has 14 heavy (non-hydrogen) atoms. The summed E-state index contributed by atoms with van der Waals surface area (Å²) in [5.74, 6) is -1.08. The average Bonchev–Trinajstić information content (AvgIpc) is 2.67. The van der Waals surface area contributed by atoms with Gasteiger partial charge in [-0.05, 0) is 0 Å². The van der Waals surface area contributed by atoms with Crippen LogP contribution in [0.25, 0.3) is 0 Å². The lowest BCUT2D eigenvalue weighted by atomic mass is 10.1. The van der Waals surface area contributed by atoms with Crippen LogP contribution >= 0.6 is 0 Å². The molecule has 1 saturated heterocycles. The largest absolute Gasteiger partial charge is 0.476 e. The Bertz CT molecular complexity index is 331. The van der Waals surface area contributed by atoms with E-state index in [-0.39, 0.29) is 11.7 Å². The quantitative estimate of drug-likeness (QED) is 0.573. The third kappa shape index (κ3) is 1.59. The second-order valence-corrected chi connectivity index (χ2v) is 2.94. The molecule has 0 bridgehead atoms. The van der Waals surface area contributed by atoms with Gasteiger partial charge in [0.05, 0.1) is 19.3 Å². The predicted octanol–water partition coefficient (Wildman–Crippen LogP) is -0.836. The highest BCUT2D eigenvalue weighted by Gasteiger charge is 2.25. The van der Waals surface area contributed by atoms with E-state index in [0.717, 1.165) is 0 Å². The summed E-state index contributed by atoms with van der Waals surface area (Å²) in [4.78, 5) is 10.7. The van der Waals surface area contributed by atoms with E-state index in [0.29, 0.717) is 25.5 Å². The first-order valence-electron chi connectivity index (χ1n) is 4.24. The molecule has 7 heteroatoms. The fourth-order valence-corrected chi connectivity index (χ4v) is 1.38. The lowest BCUT2D eigenvalue weighted by molar-refractivity contribution is 0.0664. The van der Waals surface area contributed by atoms with Gasteiger partial charge in [0.15, 0.2) is 5.69 Å². The van der Waals surface area contributed by atoms with E-state index < -0.39 is 5.97 Å². The fraction of sp³-hybridized carbons (Fsp3) is 0.571. The maximum Gasteiger partial charge on any atom is 0.358 e.